The molecule has 0 bridgehead atoms. The second-order valence-electron chi connectivity index (χ2n) is 8.26. The van der Waals surface area contributed by atoms with Crippen molar-refractivity contribution < 1.29 is 9.47 Å². The predicted molar refractivity (Wildman–Crippen MR) is 111 cm³/mol. The zero-order chi connectivity index (χ0) is 18.7. The van der Waals surface area contributed by atoms with E-state index >= 15 is 0 Å². The van der Waals surface area contributed by atoms with Crippen LogP contribution >= 0.6 is 0 Å². The number of ether oxygens (including phenoxy) is 2. The smallest absolute Gasteiger partial charge is 0.0702 e. The number of benzene rings is 1. The van der Waals surface area contributed by atoms with Crippen molar-refractivity contribution in [1.29, 1.82) is 0 Å². The molecule has 4 nitrogen and oxygen atoms in total. The summed E-state index contributed by atoms with van der Waals surface area (Å²) in [6.07, 6.45) is 8.00. The summed E-state index contributed by atoms with van der Waals surface area (Å²) in [4.78, 5) is 5.26. The van der Waals surface area contributed by atoms with Crippen LogP contribution in [0.3, 0.4) is 0 Å². The largest absolute Gasteiger partial charge is 0.383 e. The highest BCUT2D eigenvalue weighted by molar-refractivity contribution is 5.14. The Morgan fingerprint density at radius 1 is 1.11 bits per heavy atom. The van der Waals surface area contributed by atoms with E-state index in [1.165, 1.54) is 70.3 Å². The van der Waals surface area contributed by atoms with E-state index in [0.29, 0.717) is 6.10 Å². The van der Waals surface area contributed by atoms with Crippen LogP contribution in [0.1, 0.15) is 37.7 Å². The number of hydrogen-bond donors (Lipinski definition) is 0. The lowest BCUT2D eigenvalue weighted by atomic mass is 9.95. The van der Waals surface area contributed by atoms with Gasteiger partial charge in [0.25, 0.3) is 0 Å². The van der Waals surface area contributed by atoms with Crippen molar-refractivity contribution in [3.8, 4) is 0 Å². The van der Waals surface area contributed by atoms with Gasteiger partial charge in [-0.2, -0.15) is 0 Å². The minimum absolute atomic E-state index is 0.462. The molecule has 1 atom stereocenters. The molecule has 1 unspecified atom stereocenters. The third-order valence-corrected chi connectivity index (χ3v) is 6.10. The summed E-state index contributed by atoms with van der Waals surface area (Å²) in [6.45, 7) is 8.91. The van der Waals surface area contributed by atoms with Crippen LogP contribution in [-0.4, -0.2) is 75.5 Å². The lowest BCUT2D eigenvalue weighted by Crippen LogP contribution is -2.42. The van der Waals surface area contributed by atoms with Gasteiger partial charge in [-0.25, -0.2) is 0 Å². The van der Waals surface area contributed by atoms with Gasteiger partial charge in [0.1, 0.15) is 0 Å². The zero-order valence-electron chi connectivity index (χ0n) is 17.2. The topological polar surface area (TPSA) is 24.9 Å². The Morgan fingerprint density at radius 2 is 1.93 bits per heavy atom. The Labute approximate surface area is 165 Å². The molecule has 0 spiro atoms. The summed E-state index contributed by atoms with van der Waals surface area (Å²) in [5.41, 5.74) is 1.46. The molecule has 2 aliphatic rings. The van der Waals surface area contributed by atoms with Gasteiger partial charge >= 0.3 is 0 Å². The fourth-order valence-corrected chi connectivity index (χ4v) is 4.46. The lowest BCUT2D eigenvalue weighted by Gasteiger charge is -2.35. The van der Waals surface area contributed by atoms with E-state index in [-0.39, 0.29) is 0 Å². The second-order valence-corrected chi connectivity index (χ2v) is 8.26. The van der Waals surface area contributed by atoms with Crippen LogP contribution in [0.15, 0.2) is 30.3 Å². The summed E-state index contributed by atoms with van der Waals surface area (Å²) < 4.78 is 11.2. The van der Waals surface area contributed by atoms with Gasteiger partial charge in [-0.05, 0) is 69.6 Å². The minimum atomic E-state index is 0.462. The Morgan fingerprint density at radius 3 is 2.63 bits per heavy atom. The van der Waals surface area contributed by atoms with Crippen LogP contribution in [0, 0.1) is 5.92 Å². The molecule has 0 amide bonds. The first-order valence-electron chi connectivity index (χ1n) is 10.9. The molecule has 0 radical (unpaired) electrons. The van der Waals surface area contributed by atoms with E-state index in [1.54, 1.807) is 7.11 Å². The summed E-state index contributed by atoms with van der Waals surface area (Å²) >= 11 is 0. The highest BCUT2D eigenvalue weighted by Gasteiger charge is 2.24. The fraction of sp³-hybridized carbons (Fsp3) is 0.739. The zero-order valence-corrected chi connectivity index (χ0v) is 17.2. The molecule has 1 aromatic carbocycles. The van der Waals surface area contributed by atoms with Gasteiger partial charge in [0.15, 0.2) is 0 Å². The van der Waals surface area contributed by atoms with Crippen molar-refractivity contribution in [2.45, 2.75) is 44.6 Å². The van der Waals surface area contributed by atoms with Crippen LogP contribution in [0.4, 0.5) is 0 Å². The molecule has 27 heavy (non-hydrogen) atoms. The van der Waals surface area contributed by atoms with Gasteiger partial charge < -0.3 is 19.3 Å². The van der Waals surface area contributed by atoms with Crippen molar-refractivity contribution >= 4 is 0 Å². The first kappa shape index (κ1) is 20.8. The Hall–Kier alpha value is -0.940. The van der Waals surface area contributed by atoms with E-state index in [0.717, 1.165) is 32.2 Å². The number of likely N-dealkylation sites (tertiary alicyclic amines) is 1. The number of rotatable bonds is 11. The van der Waals surface area contributed by atoms with E-state index in [2.05, 4.69) is 40.1 Å². The highest BCUT2D eigenvalue weighted by atomic mass is 16.5. The molecule has 3 rings (SSSR count). The third-order valence-electron chi connectivity index (χ3n) is 6.10. The third kappa shape index (κ3) is 7.53. The quantitative estimate of drug-likeness (QED) is 0.592. The first-order chi connectivity index (χ1) is 13.3. The van der Waals surface area contributed by atoms with E-state index in [4.69, 9.17) is 9.47 Å². The summed E-state index contributed by atoms with van der Waals surface area (Å²) in [5, 5.41) is 0. The normalized spacial score (nSPS) is 21.9. The van der Waals surface area contributed by atoms with Crippen molar-refractivity contribution in [2.75, 3.05) is 59.6 Å². The standard InChI is InChI=1S/C23H38N2O2/c1-26-18-16-24-14-11-22(12-15-24)19-25(20-23-10-6-17-27-23)13-5-9-21-7-3-2-4-8-21/h2-4,7-8,22-23H,5-6,9-20H2,1H3. The second kappa shape index (κ2) is 11.8. The van der Waals surface area contributed by atoms with Crippen LogP contribution in [0.25, 0.3) is 0 Å². The average Bonchev–Trinajstić information content (AvgIpc) is 3.21. The number of piperidine rings is 1. The molecule has 2 saturated heterocycles. The summed E-state index contributed by atoms with van der Waals surface area (Å²) in [5.74, 6) is 0.835. The van der Waals surface area contributed by atoms with E-state index in [1.807, 2.05) is 0 Å². The van der Waals surface area contributed by atoms with Gasteiger partial charge in [-0.15, -0.1) is 0 Å². The van der Waals surface area contributed by atoms with Gasteiger partial charge in [-0.1, -0.05) is 30.3 Å². The lowest BCUT2D eigenvalue weighted by molar-refractivity contribution is 0.0577. The van der Waals surface area contributed by atoms with Crippen LogP contribution in [0.5, 0.6) is 0 Å². The molecule has 2 heterocycles. The molecule has 152 valence electrons. The molecular formula is C23H38N2O2. The van der Waals surface area contributed by atoms with Crippen molar-refractivity contribution in [1.82, 2.24) is 9.80 Å². The molecule has 1 aromatic rings. The van der Waals surface area contributed by atoms with Crippen molar-refractivity contribution in [3.05, 3.63) is 35.9 Å². The van der Waals surface area contributed by atoms with Crippen LogP contribution in [-0.2, 0) is 15.9 Å². The van der Waals surface area contributed by atoms with Crippen LogP contribution in [0.2, 0.25) is 0 Å². The molecular weight excluding hydrogens is 336 g/mol. The van der Waals surface area contributed by atoms with Crippen molar-refractivity contribution in [2.24, 2.45) is 5.92 Å². The first-order valence-corrected chi connectivity index (χ1v) is 10.9. The predicted octanol–water partition coefficient (Wildman–Crippen LogP) is 3.46. The number of methoxy groups -OCH3 is 1. The number of nitrogens with zero attached hydrogens (tertiary/aromatic N) is 2. The Balaban J connectivity index is 1.43. The van der Waals surface area contributed by atoms with E-state index in [9.17, 15) is 0 Å². The molecule has 0 saturated carbocycles. The molecule has 0 N–H and O–H groups in total. The minimum Gasteiger partial charge on any atom is -0.383 e. The maximum Gasteiger partial charge on any atom is 0.0702 e. The van der Waals surface area contributed by atoms with Gasteiger partial charge in [0.2, 0.25) is 0 Å². The van der Waals surface area contributed by atoms with Gasteiger partial charge in [0.05, 0.1) is 12.7 Å². The maximum atomic E-state index is 5.93. The van der Waals surface area contributed by atoms with Gasteiger partial charge in [-0.3, -0.25) is 0 Å². The monoisotopic (exact) mass is 374 g/mol. The Kier molecular flexibility index (Phi) is 9.09. The average molecular weight is 375 g/mol. The Bertz CT molecular complexity index is 496. The molecule has 4 heteroatoms. The molecule has 0 aromatic heterocycles. The highest BCUT2D eigenvalue weighted by Crippen LogP contribution is 2.21. The molecule has 2 aliphatic heterocycles. The van der Waals surface area contributed by atoms with Crippen LogP contribution < -0.4 is 0 Å². The molecule has 0 aliphatic carbocycles. The number of hydrogen-bond acceptors (Lipinski definition) is 4. The summed E-state index contributed by atoms with van der Waals surface area (Å²) in [7, 11) is 1.80. The van der Waals surface area contributed by atoms with Gasteiger partial charge in [0, 0.05) is 33.4 Å². The van der Waals surface area contributed by atoms with E-state index < -0.39 is 0 Å². The molecule has 2 fully saturated rings. The fourth-order valence-electron chi connectivity index (χ4n) is 4.46. The maximum absolute atomic E-state index is 5.93. The SMILES string of the molecule is COCCN1CCC(CN(CCCc2ccccc2)CC2CCCO2)CC1. The summed E-state index contributed by atoms with van der Waals surface area (Å²) in [6, 6.07) is 10.9. The number of aryl methyl sites for hydroxylation is 1. The van der Waals surface area contributed by atoms with Crippen molar-refractivity contribution in [3.63, 3.8) is 0 Å².